The molecule has 0 radical (unpaired) electrons. The van der Waals surface area contributed by atoms with E-state index in [4.69, 9.17) is 14.2 Å². The van der Waals surface area contributed by atoms with E-state index in [0.717, 1.165) is 0 Å². The molecule has 7 nitrogen and oxygen atoms in total. The number of carbonyl (C=O) groups is 1. The molecule has 0 N–H and O–H groups in total. The summed E-state index contributed by atoms with van der Waals surface area (Å²) >= 11 is 0. The van der Waals surface area contributed by atoms with Crippen LogP contribution < -0.4 is 14.4 Å². The molecular weight excluding hydrogens is 322 g/mol. The summed E-state index contributed by atoms with van der Waals surface area (Å²) in [5.41, 5.74) is 0.551. The fourth-order valence-corrected chi connectivity index (χ4v) is 4.52. The molecule has 0 aromatic heterocycles. The van der Waals surface area contributed by atoms with Crippen molar-refractivity contribution in [2.24, 2.45) is 0 Å². The number of amides is 1. The maximum atomic E-state index is 12.3. The van der Waals surface area contributed by atoms with Gasteiger partial charge in [-0.1, -0.05) is 0 Å². The third-order valence-electron chi connectivity index (χ3n) is 3.84. The van der Waals surface area contributed by atoms with Crippen LogP contribution >= 0.6 is 0 Å². The number of nitrogens with zero attached hydrogens (tertiary/aromatic N) is 1. The molecule has 3 rings (SSSR count). The van der Waals surface area contributed by atoms with Crippen LogP contribution in [-0.2, 0) is 14.6 Å². The van der Waals surface area contributed by atoms with E-state index in [1.165, 1.54) is 4.90 Å². The maximum absolute atomic E-state index is 12.3. The Bertz CT molecular complexity index is 702. The lowest BCUT2D eigenvalue weighted by Gasteiger charge is -2.28. The van der Waals surface area contributed by atoms with Gasteiger partial charge in [0.25, 0.3) is 0 Å². The van der Waals surface area contributed by atoms with Gasteiger partial charge in [0, 0.05) is 6.07 Å². The van der Waals surface area contributed by atoms with Gasteiger partial charge in [0.15, 0.2) is 21.3 Å². The SMILES string of the molecule is CCOC(=O)N(c1ccc2c(c1)OCCO2)C1CCS(=O)(=O)C1. The minimum Gasteiger partial charge on any atom is -0.486 e. The van der Waals surface area contributed by atoms with Gasteiger partial charge in [0.1, 0.15) is 13.2 Å². The molecule has 2 heterocycles. The predicted octanol–water partition coefficient (Wildman–Crippen LogP) is 1.61. The number of hydrogen-bond acceptors (Lipinski definition) is 6. The van der Waals surface area contributed by atoms with Crippen molar-refractivity contribution in [1.82, 2.24) is 0 Å². The van der Waals surface area contributed by atoms with Crippen molar-refractivity contribution in [3.63, 3.8) is 0 Å². The molecule has 2 aliphatic rings. The lowest BCUT2D eigenvalue weighted by molar-refractivity contribution is 0.157. The number of carbonyl (C=O) groups excluding carboxylic acids is 1. The van der Waals surface area contributed by atoms with Gasteiger partial charge in [-0.3, -0.25) is 4.90 Å². The maximum Gasteiger partial charge on any atom is 0.414 e. The fourth-order valence-electron chi connectivity index (χ4n) is 2.82. The molecular formula is C15H19NO6S. The molecule has 1 aromatic carbocycles. The average Bonchev–Trinajstić information content (AvgIpc) is 2.87. The largest absolute Gasteiger partial charge is 0.486 e. The standard InChI is InChI=1S/C15H19NO6S/c1-2-20-15(17)16(12-5-8-23(18,19)10-12)11-3-4-13-14(9-11)22-7-6-21-13/h3-4,9,12H,2,5-8,10H2,1H3. The van der Waals surface area contributed by atoms with Crippen molar-refractivity contribution in [3.05, 3.63) is 18.2 Å². The number of rotatable bonds is 3. The zero-order valence-corrected chi connectivity index (χ0v) is 13.7. The highest BCUT2D eigenvalue weighted by atomic mass is 32.2. The summed E-state index contributed by atoms with van der Waals surface area (Å²) in [4.78, 5) is 13.8. The van der Waals surface area contributed by atoms with Crippen LogP contribution in [0.4, 0.5) is 10.5 Å². The number of ether oxygens (including phenoxy) is 3. The summed E-state index contributed by atoms with van der Waals surface area (Å²) in [6, 6.07) is 4.70. The zero-order valence-electron chi connectivity index (χ0n) is 12.9. The topological polar surface area (TPSA) is 82.1 Å². The summed E-state index contributed by atoms with van der Waals surface area (Å²) in [6.45, 7) is 2.85. The summed E-state index contributed by atoms with van der Waals surface area (Å²) in [7, 11) is -3.12. The van der Waals surface area contributed by atoms with Gasteiger partial charge in [-0.15, -0.1) is 0 Å². The van der Waals surface area contributed by atoms with Gasteiger partial charge in [0.05, 0.1) is 29.8 Å². The van der Waals surface area contributed by atoms with Gasteiger partial charge >= 0.3 is 6.09 Å². The van der Waals surface area contributed by atoms with Crippen LogP contribution in [0.1, 0.15) is 13.3 Å². The molecule has 2 aliphatic heterocycles. The first-order valence-corrected chi connectivity index (χ1v) is 9.38. The van der Waals surface area contributed by atoms with Gasteiger partial charge < -0.3 is 14.2 Å². The minimum absolute atomic E-state index is 0.0553. The number of anilines is 1. The summed E-state index contributed by atoms with van der Waals surface area (Å²) in [6.07, 6.45) is -0.151. The molecule has 23 heavy (non-hydrogen) atoms. The number of hydrogen-bond donors (Lipinski definition) is 0. The second kappa shape index (κ2) is 6.27. The molecule has 0 bridgehead atoms. The molecule has 1 amide bonds. The second-order valence-corrected chi connectivity index (χ2v) is 7.68. The van der Waals surface area contributed by atoms with Crippen LogP contribution in [0.15, 0.2) is 18.2 Å². The highest BCUT2D eigenvalue weighted by Crippen LogP contribution is 2.36. The molecule has 0 spiro atoms. The van der Waals surface area contributed by atoms with Crippen LogP contribution in [-0.4, -0.2) is 51.9 Å². The molecule has 1 fully saturated rings. The monoisotopic (exact) mass is 341 g/mol. The lowest BCUT2D eigenvalue weighted by Crippen LogP contribution is -2.41. The Morgan fingerprint density at radius 3 is 2.70 bits per heavy atom. The summed E-state index contributed by atoms with van der Waals surface area (Å²) < 4.78 is 39.6. The van der Waals surface area contributed by atoms with Gasteiger partial charge in [-0.2, -0.15) is 0 Å². The highest BCUT2D eigenvalue weighted by Gasteiger charge is 2.36. The molecule has 1 saturated heterocycles. The van der Waals surface area contributed by atoms with Crippen LogP contribution in [0, 0.1) is 0 Å². The van der Waals surface area contributed by atoms with E-state index >= 15 is 0 Å². The van der Waals surface area contributed by atoms with E-state index < -0.39 is 22.0 Å². The van der Waals surface area contributed by atoms with Crippen LogP contribution in [0.3, 0.4) is 0 Å². The van der Waals surface area contributed by atoms with Crippen molar-refractivity contribution >= 4 is 21.6 Å². The van der Waals surface area contributed by atoms with Crippen molar-refractivity contribution in [2.75, 3.05) is 36.2 Å². The second-order valence-electron chi connectivity index (χ2n) is 5.45. The van der Waals surface area contributed by atoms with Crippen molar-refractivity contribution in [2.45, 2.75) is 19.4 Å². The minimum atomic E-state index is -3.12. The lowest BCUT2D eigenvalue weighted by atomic mass is 10.2. The third-order valence-corrected chi connectivity index (χ3v) is 5.59. The average molecular weight is 341 g/mol. The van der Waals surface area contributed by atoms with Crippen LogP contribution in [0.25, 0.3) is 0 Å². The smallest absolute Gasteiger partial charge is 0.414 e. The molecule has 0 aliphatic carbocycles. The van der Waals surface area contributed by atoms with E-state index in [1.54, 1.807) is 25.1 Å². The normalized spacial score (nSPS) is 21.7. The molecule has 1 atom stereocenters. The first-order chi connectivity index (χ1) is 11.0. The first kappa shape index (κ1) is 15.9. The Balaban J connectivity index is 1.93. The molecule has 0 saturated carbocycles. The number of benzene rings is 1. The quantitative estimate of drug-likeness (QED) is 0.831. The van der Waals surface area contributed by atoms with Gasteiger partial charge in [0.2, 0.25) is 0 Å². The van der Waals surface area contributed by atoms with E-state index in [-0.39, 0.29) is 18.1 Å². The molecule has 8 heteroatoms. The Hall–Kier alpha value is -1.96. The number of sulfone groups is 1. The summed E-state index contributed by atoms with van der Waals surface area (Å²) in [5, 5.41) is 0. The molecule has 1 unspecified atom stereocenters. The number of fused-ring (bicyclic) bond motifs is 1. The van der Waals surface area contributed by atoms with Gasteiger partial charge in [-0.25, -0.2) is 13.2 Å². The third kappa shape index (κ3) is 3.36. The molecule has 126 valence electrons. The predicted molar refractivity (Wildman–Crippen MR) is 84.0 cm³/mol. The van der Waals surface area contributed by atoms with E-state index in [9.17, 15) is 13.2 Å². The zero-order chi connectivity index (χ0) is 16.4. The Labute approximate surface area is 135 Å². The fraction of sp³-hybridized carbons (Fsp3) is 0.533. The highest BCUT2D eigenvalue weighted by molar-refractivity contribution is 7.91. The van der Waals surface area contributed by atoms with Crippen LogP contribution in [0.5, 0.6) is 11.5 Å². The summed E-state index contributed by atoms with van der Waals surface area (Å²) in [5.74, 6) is 1.19. The van der Waals surface area contributed by atoms with Crippen molar-refractivity contribution in [1.29, 1.82) is 0 Å². The van der Waals surface area contributed by atoms with Crippen LogP contribution in [0.2, 0.25) is 0 Å². The Morgan fingerprint density at radius 1 is 1.30 bits per heavy atom. The first-order valence-electron chi connectivity index (χ1n) is 7.56. The van der Waals surface area contributed by atoms with Gasteiger partial charge in [-0.05, 0) is 25.5 Å². The Morgan fingerprint density at radius 2 is 2.04 bits per heavy atom. The van der Waals surface area contributed by atoms with E-state index in [0.29, 0.717) is 36.8 Å². The Kier molecular flexibility index (Phi) is 4.34. The van der Waals surface area contributed by atoms with E-state index in [2.05, 4.69) is 0 Å². The molecule has 1 aromatic rings. The van der Waals surface area contributed by atoms with Crippen molar-refractivity contribution in [3.8, 4) is 11.5 Å². The van der Waals surface area contributed by atoms with Crippen molar-refractivity contribution < 1.29 is 27.4 Å². The van der Waals surface area contributed by atoms with E-state index in [1.807, 2.05) is 0 Å².